The zero-order valence-corrected chi connectivity index (χ0v) is 21.6. The number of anilines is 1. The first-order valence-electron chi connectivity index (χ1n) is 12.5. The van der Waals surface area contributed by atoms with Crippen LogP contribution < -0.4 is 9.64 Å². The van der Waals surface area contributed by atoms with Gasteiger partial charge in [-0.05, 0) is 57.4 Å². The fraction of sp³-hybridized carbons (Fsp3) is 0.593. The topological polar surface area (TPSA) is 106 Å². The third kappa shape index (κ3) is 3.63. The lowest BCUT2D eigenvalue weighted by atomic mass is 9.62. The summed E-state index contributed by atoms with van der Waals surface area (Å²) in [6.45, 7) is 11.1. The number of rotatable bonds is 9. The van der Waals surface area contributed by atoms with E-state index in [2.05, 4.69) is 6.58 Å². The maximum Gasteiger partial charge on any atom is 0.312 e. The number of amides is 2. The molecule has 9 nitrogen and oxygen atoms in total. The van der Waals surface area contributed by atoms with E-state index in [-0.39, 0.29) is 37.5 Å². The van der Waals surface area contributed by atoms with Crippen molar-refractivity contribution in [2.24, 2.45) is 17.8 Å². The second-order valence-electron chi connectivity index (χ2n) is 10.2. The average molecular weight is 501 g/mol. The van der Waals surface area contributed by atoms with Gasteiger partial charge >= 0.3 is 5.97 Å². The van der Waals surface area contributed by atoms with Gasteiger partial charge in [0.2, 0.25) is 5.91 Å². The number of ether oxygens (including phenoxy) is 3. The van der Waals surface area contributed by atoms with Crippen LogP contribution in [-0.4, -0.2) is 77.9 Å². The molecule has 1 N–H and O–H groups in total. The molecule has 3 unspecified atom stereocenters. The molecule has 3 saturated heterocycles. The number of hydrogen-bond donors (Lipinski definition) is 1. The predicted molar refractivity (Wildman–Crippen MR) is 132 cm³/mol. The number of likely N-dealkylation sites (tertiary alicyclic amines) is 1. The van der Waals surface area contributed by atoms with Crippen LogP contribution in [0.15, 0.2) is 36.9 Å². The molecule has 0 radical (unpaired) electrons. The lowest BCUT2D eigenvalue weighted by molar-refractivity contribution is -0.161. The quantitative estimate of drug-likeness (QED) is 0.409. The number of carbonyl (C=O) groups excluding carboxylic acids is 3. The van der Waals surface area contributed by atoms with Crippen molar-refractivity contribution in [3.05, 3.63) is 36.9 Å². The minimum atomic E-state index is -1.21. The second kappa shape index (κ2) is 9.52. The van der Waals surface area contributed by atoms with Crippen LogP contribution in [0.2, 0.25) is 0 Å². The zero-order chi connectivity index (χ0) is 26.4. The lowest BCUT2D eigenvalue weighted by Gasteiger charge is -2.38. The van der Waals surface area contributed by atoms with Crippen LogP contribution in [0.4, 0.5) is 5.69 Å². The molecular formula is C27H36N2O7. The van der Waals surface area contributed by atoms with Crippen LogP contribution in [0.1, 0.15) is 34.1 Å². The minimum absolute atomic E-state index is 0.0931. The highest BCUT2D eigenvalue weighted by Crippen LogP contribution is 2.65. The summed E-state index contributed by atoms with van der Waals surface area (Å²) in [6, 6.07) is 5.37. The fourth-order valence-corrected chi connectivity index (χ4v) is 6.47. The van der Waals surface area contributed by atoms with Crippen molar-refractivity contribution in [1.29, 1.82) is 0 Å². The Morgan fingerprint density at radius 3 is 2.58 bits per heavy atom. The standard InChI is InChI=1S/C27H36N2O7/c1-7-13-28(18-9-11-19(34-6)12-10-18)24(32)22-27-14-16(3)26(5,36-27)21(25(33)35-8-2)20(27)23(31)29(22)17(4)15-30/h7,9-12,16-17,20-22,30H,1,8,13-15H2,2-6H3/t16?,17-,20+,21+,22?,26-,27?/m1/s1. The Kier molecular flexibility index (Phi) is 6.92. The Hall–Kier alpha value is -2.91. The maximum absolute atomic E-state index is 14.4. The molecule has 3 aliphatic heterocycles. The zero-order valence-electron chi connectivity index (χ0n) is 21.6. The molecular weight excluding hydrogens is 464 g/mol. The van der Waals surface area contributed by atoms with Gasteiger partial charge in [-0.3, -0.25) is 14.4 Å². The largest absolute Gasteiger partial charge is 0.497 e. The Morgan fingerprint density at radius 2 is 2.03 bits per heavy atom. The van der Waals surface area contributed by atoms with Crippen molar-refractivity contribution in [3.8, 4) is 5.75 Å². The first-order valence-corrected chi connectivity index (χ1v) is 12.5. The minimum Gasteiger partial charge on any atom is -0.497 e. The van der Waals surface area contributed by atoms with E-state index in [0.717, 1.165) is 0 Å². The average Bonchev–Trinajstić information content (AvgIpc) is 3.38. The number of benzene rings is 1. The Morgan fingerprint density at radius 1 is 1.36 bits per heavy atom. The smallest absolute Gasteiger partial charge is 0.312 e. The van der Waals surface area contributed by atoms with Crippen LogP contribution >= 0.6 is 0 Å². The van der Waals surface area contributed by atoms with Gasteiger partial charge in [0.1, 0.15) is 23.3 Å². The molecule has 1 aromatic rings. The van der Waals surface area contributed by atoms with Crippen molar-refractivity contribution in [2.75, 3.05) is 31.8 Å². The van der Waals surface area contributed by atoms with Gasteiger partial charge in [-0.15, -0.1) is 6.58 Å². The van der Waals surface area contributed by atoms with E-state index >= 15 is 0 Å². The number of hydrogen-bond acceptors (Lipinski definition) is 7. The van der Waals surface area contributed by atoms with Gasteiger partial charge in [-0.25, -0.2) is 0 Å². The summed E-state index contributed by atoms with van der Waals surface area (Å²) < 4.78 is 17.3. The molecule has 3 heterocycles. The first-order chi connectivity index (χ1) is 17.1. The van der Waals surface area contributed by atoms with E-state index in [1.807, 2.05) is 13.8 Å². The number of fused-ring (bicyclic) bond motifs is 1. The number of aliphatic hydroxyl groups excluding tert-OH is 1. The number of nitrogens with zero attached hydrogens (tertiary/aromatic N) is 2. The van der Waals surface area contributed by atoms with Crippen LogP contribution in [0, 0.1) is 17.8 Å². The van der Waals surface area contributed by atoms with Crippen LogP contribution in [0.3, 0.4) is 0 Å². The van der Waals surface area contributed by atoms with Gasteiger partial charge in [-0.1, -0.05) is 13.0 Å². The summed E-state index contributed by atoms with van der Waals surface area (Å²) in [7, 11) is 1.56. The fourth-order valence-electron chi connectivity index (χ4n) is 6.47. The molecule has 196 valence electrons. The summed E-state index contributed by atoms with van der Waals surface area (Å²) in [6.07, 6.45) is 2.05. The third-order valence-corrected chi connectivity index (χ3v) is 8.23. The van der Waals surface area contributed by atoms with Crippen molar-refractivity contribution in [1.82, 2.24) is 4.90 Å². The molecule has 36 heavy (non-hydrogen) atoms. The van der Waals surface area contributed by atoms with E-state index in [0.29, 0.717) is 17.9 Å². The molecule has 9 heteroatoms. The summed E-state index contributed by atoms with van der Waals surface area (Å²) in [5, 5.41) is 10.0. The Labute approximate surface area is 212 Å². The van der Waals surface area contributed by atoms with E-state index < -0.39 is 41.1 Å². The van der Waals surface area contributed by atoms with Gasteiger partial charge in [0.25, 0.3) is 5.91 Å². The van der Waals surface area contributed by atoms with Crippen molar-refractivity contribution in [2.45, 2.75) is 57.4 Å². The van der Waals surface area contributed by atoms with Crippen molar-refractivity contribution < 1.29 is 33.7 Å². The molecule has 3 fully saturated rings. The molecule has 1 aromatic carbocycles. The molecule has 3 aliphatic rings. The van der Waals surface area contributed by atoms with E-state index in [9.17, 15) is 19.5 Å². The maximum atomic E-state index is 14.4. The predicted octanol–water partition coefficient (Wildman–Crippen LogP) is 2.17. The number of methoxy groups -OCH3 is 1. The second-order valence-corrected chi connectivity index (χ2v) is 10.2. The third-order valence-electron chi connectivity index (χ3n) is 8.23. The summed E-state index contributed by atoms with van der Waals surface area (Å²) in [5.41, 5.74) is -1.55. The van der Waals surface area contributed by atoms with Gasteiger partial charge < -0.3 is 29.1 Å². The normalized spacial score (nSPS) is 33.3. The molecule has 0 saturated carbocycles. The molecule has 2 amide bonds. The SMILES string of the molecule is C=CCN(C(=O)C1N([C@H](C)CO)C(=O)[C@@H]2[C@@H](C(=O)OCC)[C@]3(C)OC12CC3C)c1ccc(OC)cc1. The molecule has 7 atom stereocenters. The molecule has 0 aromatic heterocycles. The lowest BCUT2D eigenvalue weighted by Crippen LogP contribution is -2.58. The van der Waals surface area contributed by atoms with Gasteiger partial charge in [0.05, 0.1) is 37.9 Å². The Balaban J connectivity index is 1.84. The van der Waals surface area contributed by atoms with Crippen LogP contribution in [-0.2, 0) is 23.9 Å². The summed E-state index contributed by atoms with van der Waals surface area (Å²) >= 11 is 0. The highest BCUT2D eigenvalue weighted by molar-refractivity contribution is 6.05. The number of esters is 1. The molecule has 2 bridgehead atoms. The van der Waals surface area contributed by atoms with E-state index in [1.165, 1.54) is 4.90 Å². The highest BCUT2D eigenvalue weighted by Gasteiger charge is 2.80. The van der Waals surface area contributed by atoms with E-state index in [4.69, 9.17) is 14.2 Å². The Bertz CT molecular complexity index is 1040. The van der Waals surface area contributed by atoms with Gasteiger partial charge in [0.15, 0.2) is 0 Å². The van der Waals surface area contributed by atoms with Crippen molar-refractivity contribution >= 4 is 23.5 Å². The molecule has 1 spiro atoms. The monoisotopic (exact) mass is 500 g/mol. The molecule has 0 aliphatic carbocycles. The first kappa shape index (κ1) is 26.2. The number of aliphatic hydroxyl groups is 1. The van der Waals surface area contributed by atoms with Gasteiger partial charge in [-0.2, -0.15) is 0 Å². The highest BCUT2D eigenvalue weighted by atomic mass is 16.6. The van der Waals surface area contributed by atoms with Crippen molar-refractivity contribution in [3.63, 3.8) is 0 Å². The van der Waals surface area contributed by atoms with Crippen LogP contribution in [0.25, 0.3) is 0 Å². The summed E-state index contributed by atoms with van der Waals surface area (Å²) in [5.74, 6) is -2.37. The number of carbonyl (C=O) groups is 3. The van der Waals surface area contributed by atoms with Gasteiger partial charge in [0, 0.05) is 12.2 Å². The van der Waals surface area contributed by atoms with Crippen LogP contribution in [0.5, 0.6) is 5.75 Å². The van der Waals surface area contributed by atoms with E-state index in [1.54, 1.807) is 56.2 Å². The molecule has 4 rings (SSSR count). The summed E-state index contributed by atoms with van der Waals surface area (Å²) in [4.78, 5) is 44.5.